The van der Waals surface area contributed by atoms with Crippen molar-refractivity contribution in [1.29, 1.82) is 0 Å². The van der Waals surface area contributed by atoms with Gasteiger partial charge < -0.3 is 9.47 Å². The van der Waals surface area contributed by atoms with Crippen LogP contribution in [0.4, 0.5) is 0 Å². The van der Waals surface area contributed by atoms with E-state index < -0.39 is 5.72 Å². The normalized spacial score (nSPS) is 29.2. The van der Waals surface area contributed by atoms with Crippen LogP contribution in [0.15, 0.2) is 0 Å². The van der Waals surface area contributed by atoms with Gasteiger partial charge in [-0.3, -0.25) is 9.69 Å². The van der Waals surface area contributed by atoms with E-state index in [1.165, 1.54) is 0 Å². The van der Waals surface area contributed by atoms with Gasteiger partial charge in [0.05, 0.1) is 19.6 Å². The van der Waals surface area contributed by atoms with Crippen molar-refractivity contribution in [1.82, 2.24) is 4.90 Å². The fraction of sp³-hybridized carbons (Fsp3) is 0.889. The minimum atomic E-state index is -0.466. The molecule has 0 spiro atoms. The summed E-state index contributed by atoms with van der Waals surface area (Å²) in [5, 5.41) is 0. The van der Waals surface area contributed by atoms with Gasteiger partial charge in [-0.15, -0.1) is 0 Å². The van der Waals surface area contributed by atoms with Gasteiger partial charge in [-0.05, 0) is 20.9 Å². The van der Waals surface area contributed by atoms with E-state index in [9.17, 15) is 4.79 Å². The monoisotopic (exact) mass is 187 g/mol. The molecule has 0 N–H and O–H groups in total. The summed E-state index contributed by atoms with van der Waals surface area (Å²) in [5.41, 5.74) is -0.466. The summed E-state index contributed by atoms with van der Waals surface area (Å²) in [6.07, 6.45) is 0.303. The van der Waals surface area contributed by atoms with Crippen LogP contribution in [0, 0.1) is 0 Å². The molecular weight excluding hydrogens is 170 g/mol. The zero-order valence-electron chi connectivity index (χ0n) is 8.50. The molecule has 1 rings (SSSR count). The maximum atomic E-state index is 11.2. The number of hydrogen-bond acceptors (Lipinski definition) is 4. The molecule has 1 aliphatic rings. The summed E-state index contributed by atoms with van der Waals surface area (Å²) in [5.74, 6) is -0.196. The molecule has 1 aliphatic heterocycles. The molecule has 1 fully saturated rings. The Morgan fingerprint density at radius 3 is 2.85 bits per heavy atom. The first kappa shape index (κ1) is 10.5. The third-order valence-electron chi connectivity index (χ3n) is 2.42. The average Bonchev–Trinajstić information content (AvgIpc) is 2.32. The molecule has 1 saturated heterocycles. The molecule has 0 aliphatic carbocycles. The Labute approximate surface area is 78.8 Å². The second-order valence-corrected chi connectivity index (χ2v) is 3.43. The van der Waals surface area contributed by atoms with Gasteiger partial charge in [0.15, 0.2) is 0 Å². The Morgan fingerprint density at radius 2 is 2.38 bits per heavy atom. The third kappa shape index (κ3) is 2.42. The van der Waals surface area contributed by atoms with Crippen LogP contribution in [0.3, 0.4) is 0 Å². The Bertz CT molecular complexity index is 195. The van der Waals surface area contributed by atoms with Gasteiger partial charge in [0.1, 0.15) is 5.72 Å². The summed E-state index contributed by atoms with van der Waals surface area (Å²) in [4.78, 5) is 13.3. The lowest BCUT2D eigenvalue weighted by Crippen LogP contribution is -2.41. The van der Waals surface area contributed by atoms with Gasteiger partial charge in [-0.25, -0.2) is 0 Å². The van der Waals surface area contributed by atoms with Crippen molar-refractivity contribution in [2.45, 2.75) is 26.0 Å². The Morgan fingerprint density at radius 1 is 1.69 bits per heavy atom. The number of ether oxygens (including phenoxy) is 2. The number of esters is 1. The highest BCUT2D eigenvalue weighted by Crippen LogP contribution is 2.24. The third-order valence-corrected chi connectivity index (χ3v) is 2.42. The lowest BCUT2D eigenvalue weighted by molar-refractivity contribution is -0.154. The first-order valence-corrected chi connectivity index (χ1v) is 4.59. The predicted octanol–water partition coefficient (Wildman–Crippen LogP) is 0.618. The van der Waals surface area contributed by atoms with Crippen molar-refractivity contribution in [2.24, 2.45) is 0 Å². The molecule has 0 aromatic rings. The molecule has 0 radical (unpaired) electrons. The van der Waals surface area contributed by atoms with Gasteiger partial charge in [-0.2, -0.15) is 0 Å². The van der Waals surface area contributed by atoms with Crippen LogP contribution in [0.25, 0.3) is 0 Å². The highest BCUT2D eigenvalue weighted by Gasteiger charge is 2.37. The van der Waals surface area contributed by atoms with Crippen LogP contribution in [-0.4, -0.2) is 43.4 Å². The second-order valence-electron chi connectivity index (χ2n) is 3.43. The SMILES string of the molecule is CCOC(=O)CC1(C)OCCN1C. The van der Waals surface area contributed by atoms with Crippen LogP contribution >= 0.6 is 0 Å². The average molecular weight is 187 g/mol. The molecule has 0 bridgehead atoms. The minimum absolute atomic E-state index is 0.196. The van der Waals surface area contributed by atoms with E-state index >= 15 is 0 Å². The van der Waals surface area contributed by atoms with Crippen molar-refractivity contribution in [3.63, 3.8) is 0 Å². The van der Waals surface area contributed by atoms with E-state index in [4.69, 9.17) is 9.47 Å². The zero-order chi connectivity index (χ0) is 9.90. The highest BCUT2D eigenvalue weighted by atomic mass is 16.5. The van der Waals surface area contributed by atoms with Crippen LogP contribution in [0.1, 0.15) is 20.3 Å². The highest BCUT2D eigenvalue weighted by molar-refractivity contribution is 5.70. The van der Waals surface area contributed by atoms with E-state index in [1.807, 2.05) is 18.9 Å². The maximum Gasteiger partial charge on any atom is 0.310 e. The van der Waals surface area contributed by atoms with E-state index in [1.54, 1.807) is 6.92 Å². The summed E-state index contributed by atoms with van der Waals surface area (Å²) < 4.78 is 10.4. The lowest BCUT2D eigenvalue weighted by atomic mass is 10.1. The minimum Gasteiger partial charge on any atom is -0.466 e. The summed E-state index contributed by atoms with van der Waals surface area (Å²) >= 11 is 0. The molecule has 1 atom stereocenters. The summed E-state index contributed by atoms with van der Waals surface area (Å²) in [7, 11) is 1.95. The number of carbonyl (C=O) groups excluding carboxylic acids is 1. The molecule has 4 nitrogen and oxygen atoms in total. The Balaban J connectivity index is 2.46. The van der Waals surface area contributed by atoms with Crippen LogP contribution < -0.4 is 0 Å². The summed E-state index contributed by atoms with van der Waals surface area (Å²) in [6, 6.07) is 0. The molecule has 0 aromatic carbocycles. The van der Waals surface area contributed by atoms with E-state index in [0.29, 0.717) is 19.6 Å². The molecule has 0 aromatic heterocycles. The maximum absolute atomic E-state index is 11.2. The fourth-order valence-corrected chi connectivity index (χ4v) is 1.41. The van der Waals surface area contributed by atoms with Gasteiger partial charge in [0.2, 0.25) is 0 Å². The molecule has 1 heterocycles. The molecule has 0 saturated carbocycles. The first-order chi connectivity index (χ1) is 6.08. The number of nitrogens with zero attached hydrogens (tertiary/aromatic N) is 1. The number of rotatable bonds is 3. The van der Waals surface area contributed by atoms with Crippen molar-refractivity contribution in [2.75, 3.05) is 26.8 Å². The number of hydrogen-bond donors (Lipinski definition) is 0. The van der Waals surface area contributed by atoms with Crippen LogP contribution in [0.5, 0.6) is 0 Å². The quantitative estimate of drug-likeness (QED) is 0.607. The largest absolute Gasteiger partial charge is 0.466 e. The second kappa shape index (κ2) is 4.07. The van der Waals surface area contributed by atoms with E-state index in [2.05, 4.69) is 0 Å². The Kier molecular flexibility index (Phi) is 3.27. The zero-order valence-corrected chi connectivity index (χ0v) is 8.50. The van der Waals surface area contributed by atoms with Gasteiger partial charge in [-0.1, -0.05) is 0 Å². The fourth-order valence-electron chi connectivity index (χ4n) is 1.41. The Hall–Kier alpha value is -0.610. The van der Waals surface area contributed by atoms with Crippen molar-refractivity contribution < 1.29 is 14.3 Å². The molecule has 1 unspecified atom stereocenters. The first-order valence-electron chi connectivity index (χ1n) is 4.59. The predicted molar refractivity (Wildman–Crippen MR) is 48.2 cm³/mol. The van der Waals surface area contributed by atoms with Gasteiger partial charge in [0, 0.05) is 6.54 Å². The topological polar surface area (TPSA) is 38.8 Å². The van der Waals surface area contributed by atoms with Crippen molar-refractivity contribution >= 4 is 5.97 Å². The molecular formula is C9H17NO3. The standard InChI is InChI=1S/C9H17NO3/c1-4-12-8(11)7-9(2)10(3)5-6-13-9/h4-7H2,1-3H3. The van der Waals surface area contributed by atoms with Crippen molar-refractivity contribution in [3.8, 4) is 0 Å². The molecule has 4 heteroatoms. The van der Waals surface area contributed by atoms with Gasteiger partial charge in [0.25, 0.3) is 0 Å². The number of carbonyl (C=O) groups is 1. The summed E-state index contributed by atoms with van der Waals surface area (Å²) in [6.45, 7) is 5.71. The number of likely N-dealkylation sites (N-methyl/N-ethyl adjacent to an activating group) is 1. The van der Waals surface area contributed by atoms with E-state index in [-0.39, 0.29) is 5.97 Å². The molecule has 0 amide bonds. The van der Waals surface area contributed by atoms with Crippen LogP contribution in [0.2, 0.25) is 0 Å². The smallest absolute Gasteiger partial charge is 0.310 e. The van der Waals surface area contributed by atoms with E-state index in [0.717, 1.165) is 6.54 Å². The lowest BCUT2D eigenvalue weighted by Gasteiger charge is -2.29. The molecule has 76 valence electrons. The van der Waals surface area contributed by atoms with Gasteiger partial charge >= 0.3 is 5.97 Å². The van der Waals surface area contributed by atoms with Crippen molar-refractivity contribution in [3.05, 3.63) is 0 Å². The van der Waals surface area contributed by atoms with Crippen LogP contribution in [-0.2, 0) is 14.3 Å². The molecule has 13 heavy (non-hydrogen) atoms.